The average molecular weight is 320 g/mol. The van der Waals surface area contributed by atoms with Gasteiger partial charge in [0.15, 0.2) is 0 Å². The second-order valence-electron chi connectivity index (χ2n) is 5.62. The first kappa shape index (κ1) is 15.0. The summed E-state index contributed by atoms with van der Waals surface area (Å²) < 4.78 is 4.88. The largest absolute Gasteiger partial charge is 0.469 e. The Morgan fingerprint density at radius 3 is 3.00 bits per heavy atom. The summed E-state index contributed by atoms with van der Waals surface area (Å²) in [5, 5.41) is 1.60. The van der Waals surface area contributed by atoms with E-state index in [4.69, 9.17) is 16.3 Å². The van der Waals surface area contributed by atoms with E-state index in [2.05, 4.69) is 14.9 Å². The number of aromatic nitrogens is 2. The van der Waals surface area contributed by atoms with Crippen molar-refractivity contribution in [3.05, 3.63) is 29.0 Å². The molecule has 1 unspecified atom stereocenters. The van der Waals surface area contributed by atoms with E-state index in [0.29, 0.717) is 11.6 Å². The maximum atomic E-state index is 11.8. The van der Waals surface area contributed by atoms with Crippen LogP contribution >= 0.6 is 11.6 Å². The molecule has 1 aliphatic rings. The lowest BCUT2D eigenvalue weighted by Gasteiger charge is -2.32. The molecule has 1 aromatic heterocycles. The number of piperidine rings is 1. The van der Waals surface area contributed by atoms with E-state index in [1.54, 1.807) is 6.33 Å². The Hall–Kier alpha value is -1.88. The first-order valence-electron chi connectivity index (χ1n) is 7.34. The zero-order chi connectivity index (χ0) is 15.7. The van der Waals surface area contributed by atoms with E-state index in [1.165, 1.54) is 7.11 Å². The third-order valence-electron chi connectivity index (χ3n) is 4.13. The summed E-state index contributed by atoms with van der Waals surface area (Å²) in [5.74, 6) is 0.575. The molecule has 2 heterocycles. The Balaban J connectivity index is 2.01. The number of benzene rings is 1. The zero-order valence-electron chi connectivity index (χ0n) is 12.7. The Labute approximate surface area is 134 Å². The molecular weight excluding hydrogens is 302 g/mol. The monoisotopic (exact) mass is 319 g/mol. The van der Waals surface area contributed by atoms with Crippen molar-refractivity contribution in [3.8, 4) is 0 Å². The highest BCUT2D eigenvalue weighted by atomic mass is 35.5. The highest BCUT2D eigenvalue weighted by Crippen LogP contribution is 2.31. The lowest BCUT2D eigenvalue weighted by atomic mass is 9.98. The maximum Gasteiger partial charge on any atom is 0.310 e. The minimum absolute atomic E-state index is 0.107. The highest BCUT2D eigenvalue weighted by molar-refractivity contribution is 6.31. The summed E-state index contributed by atoms with van der Waals surface area (Å²) in [7, 11) is 1.44. The normalized spacial score (nSPS) is 18.5. The first-order valence-corrected chi connectivity index (χ1v) is 7.71. The number of carbonyl (C=O) groups is 1. The van der Waals surface area contributed by atoms with Gasteiger partial charge in [0.1, 0.15) is 12.1 Å². The molecule has 1 saturated heterocycles. The van der Waals surface area contributed by atoms with Gasteiger partial charge in [-0.05, 0) is 37.5 Å². The van der Waals surface area contributed by atoms with Crippen molar-refractivity contribution < 1.29 is 9.53 Å². The topological polar surface area (TPSA) is 55.3 Å². The molecule has 3 rings (SSSR count). The lowest BCUT2D eigenvalue weighted by Crippen LogP contribution is -2.39. The summed E-state index contributed by atoms with van der Waals surface area (Å²) in [6.45, 7) is 3.47. The van der Waals surface area contributed by atoms with Gasteiger partial charge in [0.2, 0.25) is 0 Å². The Bertz CT molecular complexity index is 720. The van der Waals surface area contributed by atoms with Crippen LogP contribution in [0.2, 0.25) is 5.02 Å². The molecule has 1 aromatic carbocycles. The van der Waals surface area contributed by atoms with Gasteiger partial charge in [-0.2, -0.15) is 0 Å². The average Bonchev–Trinajstić information content (AvgIpc) is 2.53. The summed E-state index contributed by atoms with van der Waals surface area (Å²) in [4.78, 5) is 22.7. The van der Waals surface area contributed by atoms with Crippen LogP contribution in [0.3, 0.4) is 0 Å². The fourth-order valence-corrected chi connectivity index (χ4v) is 3.34. The van der Waals surface area contributed by atoms with E-state index in [-0.39, 0.29) is 11.9 Å². The number of fused-ring (bicyclic) bond motifs is 1. The molecule has 0 saturated carbocycles. The number of rotatable bonds is 2. The molecule has 1 aliphatic heterocycles. The van der Waals surface area contributed by atoms with Crippen molar-refractivity contribution in [1.29, 1.82) is 0 Å². The van der Waals surface area contributed by atoms with Gasteiger partial charge < -0.3 is 9.64 Å². The Morgan fingerprint density at radius 1 is 1.41 bits per heavy atom. The van der Waals surface area contributed by atoms with Crippen LogP contribution in [0.15, 0.2) is 18.5 Å². The van der Waals surface area contributed by atoms with Crippen LogP contribution < -0.4 is 4.90 Å². The van der Waals surface area contributed by atoms with Gasteiger partial charge >= 0.3 is 5.97 Å². The molecule has 0 N–H and O–H groups in total. The third kappa shape index (κ3) is 2.73. The van der Waals surface area contributed by atoms with Gasteiger partial charge in [-0.25, -0.2) is 9.97 Å². The molecule has 116 valence electrons. The summed E-state index contributed by atoms with van der Waals surface area (Å²) >= 11 is 6.19. The minimum atomic E-state index is -0.155. The van der Waals surface area contributed by atoms with Crippen molar-refractivity contribution in [3.63, 3.8) is 0 Å². The second-order valence-corrected chi connectivity index (χ2v) is 6.06. The van der Waals surface area contributed by atoms with Gasteiger partial charge in [0.25, 0.3) is 0 Å². The standard InChI is InChI=1S/C16H18ClN3O2/c1-10-6-12(17)7-13-14(10)18-9-19-15(13)20-5-3-4-11(8-20)16(21)22-2/h6-7,9,11H,3-5,8H2,1-2H3. The molecule has 0 aliphatic carbocycles. The van der Waals surface area contributed by atoms with E-state index in [1.807, 2.05) is 19.1 Å². The van der Waals surface area contributed by atoms with Gasteiger partial charge in [-0.3, -0.25) is 4.79 Å². The Kier molecular flexibility index (Phi) is 4.16. The third-order valence-corrected chi connectivity index (χ3v) is 4.35. The zero-order valence-corrected chi connectivity index (χ0v) is 13.4. The number of methoxy groups -OCH3 is 1. The number of ether oxygens (including phenoxy) is 1. The summed E-state index contributed by atoms with van der Waals surface area (Å²) in [5.41, 5.74) is 1.92. The SMILES string of the molecule is COC(=O)C1CCCN(c2ncnc3c(C)cc(Cl)cc23)C1. The van der Waals surface area contributed by atoms with E-state index < -0.39 is 0 Å². The van der Waals surface area contributed by atoms with Gasteiger partial charge in [0, 0.05) is 23.5 Å². The molecular formula is C16H18ClN3O2. The van der Waals surface area contributed by atoms with Crippen LogP contribution in [0.25, 0.3) is 10.9 Å². The molecule has 6 heteroatoms. The van der Waals surface area contributed by atoms with Gasteiger partial charge in [-0.15, -0.1) is 0 Å². The van der Waals surface area contributed by atoms with Crippen LogP contribution in [0.4, 0.5) is 5.82 Å². The number of carbonyl (C=O) groups excluding carboxylic acids is 1. The number of aryl methyl sites for hydroxylation is 1. The number of hydrogen-bond acceptors (Lipinski definition) is 5. The number of halogens is 1. The van der Waals surface area contributed by atoms with Crippen LogP contribution in [-0.4, -0.2) is 36.1 Å². The van der Waals surface area contributed by atoms with Crippen molar-refractivity contribution in [1.82, 2.24) is 9.97 Å². The molecule has 1 fully saturated rings. The van der Waals surface area contributed by atoms with Crippen LogP contribution in [-0.2, 0) is 9.53 Å². The molecule has 5 nitrogen and oxygen atoms in total. The molecule has 2 aromatic rings. The first-order chi connectivity index (χ1) is 10.6. The summed E-state index contributed by atoms with van der Waals surface area (Å²) in [6.07, 6.45) is 3.36. The van der Waals surface area contributed by atoms with Crippen molar-refractivity contribution in [2.45, 2.75) is 19.8 Å². The van der Waals surface area contributed by atoms with Crippen LogP contribution in [0, 0.1) is 12.8 Å². The number of esters is 1. The van der Waals surface area contributed by atoms with Crippen LogP contribution in [0.1, 0.15) is 18.4 Å². The highest BCUT2D eigenvalue weighted by Gasteiger charge is 2.28. The van der Waals surface area contributed by atoms with Crippen molar-refractivity contribution >= 4 is 34.3 Å². The van der Waals surface area contributed by atoms with Gasteiger partial charge in [-0.1, -0.05) is 11.6 Å². The molecule has 0 spiro atoms. The predicted octanol–water partition coefficient (Wildman–Crippen LogP) is 2.98. The van der Waals surface area contributed by atoms with E-state index >= 15 is 0 Å². The predicted molar refractivity (Wildman–Crippen MR) is 86.2 cm³/mol. The minimum Gasteiger partial charge on any atom is -0.469 e. The molecule has 0 bridgehead atoms. The lowest BCUT2D eigenvalue weighted by molar-refractivity contribution is -0.145. The molecule has 1 atom stereocenters. The van der Waals surface area contributed by atoms with E-state index in [9.17, 15) is 4.79 Å². The van der Waals surface area contributed by atoms with Crippen LogP contribution in [0.5, 0.6) is 0 Å². The number of nitrogens with zero attached hydrogens (tertiary/aromatic N) is 3. The maximum absolute atomic E-state index is 11.8. The number of anilines is 1. The molecule has 22 heavy (non-hydrogen) atoms. The van der Waals surface area contributed by atoms with Gasteiger partial charge in [0.05, 0.1) is 18.5 Å². The smallest absolute Gasteiger partial charge is 0.310 e. The number of hydrogen-bond donors (Lipinski definition) is 0. The van der Waals surface area contributed by atoms with E-state index in [0.717, 1.165) is 41.7 Å². The van der Waals surface area contributed by atoms with Crippen molar-refractivity contribution in [2.24, 2.45) is 5.92 Å². The summed E-state index contributed by atoms with van der Waals surface area (Å²) in [6, 6.07) is 3.79. The van der Waals surface area contributed by atoms with Crippen molar-refractivity contribution in [2.75, 3.05) is 25.1 Å². The fraction of sp³-hybridized carbons (Fsp3) is 0.438. The quantitative estimate of drug-likeness (QED) is 0.796. The fourth-order valence-electron chi connectivity index (χ4n) is 3.07. The Morgan fingerprint density at radius 2 is 2.23 bits per heavy atom. The second kappa shape index (κ2) is 6.08. The molecule has 0 amide bonds. The molecule has 0 radical (unpaired) electrons.